The lowest BCUT2D eigenvalue weighted by atomic mass is 9.86. The predicted octanol–water partition coefficient (Wildman–Crippen LogP) is 4.40. The number of benzene rings is 2. The summed E-state index contributed by atoms with van der Waals surface area (Å²) >= 11 is 0. The van der Waals surface area contributed by atoms with Crippen molar-refractivity contribution in [2.24, 2.45) is 5.41 Å². The molecule has 0 radical (unpaired) electrons. The van der Waals surface area contributed by atoms with Gasteiger partial charge in [0.15, 0.2) is 0 Å². The van der Waals surface area contributed by atoms with Crippen LogP contribution in [0.4, 0.5) is 0 Å². The van der Waals surface area contributed by atoms with Crippen molar-refractivity contribution in [2.75, 3.05) is 0 Å². The van der Waals surface area contributed by atoms with Crippen molar-refractivity contribution in [3.63, 3.8) is 0 Å². The van der Waals surface area contributed by atoms with Crippen LogP contribution in [0, 0.1) is 16.7 Å². The number of nitrogens with zero attached hydrogens (tertiary/aromatic N) is 1. The minimum atomic E-state index is -0.370. The van der Waals surface area contributed by atoms with Crippen molar-refractivity contribution in [1.29, 1.82) is 5.26 Å². The van der Waals surface area contributed by atoms with E-state index in [1.807, 2.05) is 69.3 Å². The fourth-order valence-electron chi connectivity index (χ4n) is 2.27. The average Bonchev–Trinajstić information content (AvgIpc) is 2.55. The number of carbonyl (C=O) groups is 1. The van der Waals surface area contributed by atoms with Crippen LogP contribution in [0.15, 0.2) is 66.4 Å². The molecule has 0 fully saturated rings. The van der Waals surface area contributed by atoms with E-state index < -0.39 is 0 Å². The molecule has 0 aliphatic carbocycles. The molecule has 2 aromatic carbocycles. The molecular weight excluding hydrogens is 284 g/mol. The summed E-state index contributed by atoms with van der Waals surface area (Å²) in [5.74, 6) is -0.209. The largest absolute Gasteiger partial charge is 0.324 e. The molecule has 0 bridgehead atoms. The minimum Gasteiger partial charge on any atom is -0.324 e. The van der Waals surface area contributed by atoms with E-state index in [0.717, 1.165) is 5.56 Å². The van der Waals surface area contributed by atoms with Gasteiger partial charge in [-0.05, 0) is 17.7 Å². The maximum atomic E-state index is 12.5. The highest BCUT2D eigenvalue weighted by molar-refractivity contribution is 5.97. The Kier molecular flexibility index (Phi) is 4.98. The number of carbonyl (C=O) groups excluding carboxylic acids is 1. The second-order valence-corrected chi connectivity index (χ2v) is 6.30. The maximum Gasteiger partial charge on any atom is 0.255 e. The molecule has 116 valence electrons. The van der Waals surface area contributed by atoms with Gasteiger partial charge in [-0.1, -0.05) is 69.3 Å². The van der Waals surface area contributed by atoms with Gasteiger partial charge in [-0.3, -0.25) is 4.79 Å². The Hall–Kier alpha value is -2.86. The summed E-state index contributed by atoms with van der Waals surface area (Å²) in [6, 6.07) is 20.7. The summed E-state index contributed by atoms with van der Waals surface area (Å²) in [6.07, 6.45) is 0. The second kappa shape index (κ2) is 6.93. The van der Waals surface area contributed by atoms with Crippen LogP contribution in [0.2, 0.25) is 0 Å². The maximum absolute atomic E-state index is 12.5. The molecule has 0 atom stereocenters. The van der Waals surface area contributed by atoms with Crippen molar-refractivity contribution < 1.29 is 4.79 Å². The standard InChI is InChI=1S/C20H20N2O/c1-20(2,3)18(17(14-21)15-10-6-4-7-11-15)22-19(23)16-12-8-5-9-13-16/h4-13H,1-3H3,(H,22,23)/b18-17-. The number of nitriles is 1. The summed E-state index contributed by atoms with van der Waals surface area (Å²) in [4.78, 5) is 12.5. The highest BCUT2D eigenvalue weighted by Crippen LogP contribution is 2.30. The van der Waals surface area contributed by atoms with Crippen LogP contribution < -0.4 is 5.32 Å². The van der Waals surface area contributed by atoms with Gasteiger partial charge in [0, 0.05) is 16.7 Å². The Balaban J connectivity index is 2.48. The monoisotopic (exact) mass is 304 g/mol. The first-order valence-corrected chi connectivity index (χ1v) is 7.50. The molecule has 3 heteroatoms. The smallest absolute Gasteiger partial charge is 0.255 e. The highest BCUT2D eigenvalue weighted by atomic mass is 16.1. The molecule has 0 heterocycles. The van der Waals surface area contributed by atoms with Gasteiger partial charge in [-0.25, -0.2) is 0 Å². The topological polar surface area (TPSA) is 52.9 Å². The lowest BCUT2D eigenvalue weighted by Crippen LogP contribution is -2.31. The van der Waals surface area contributed by atoms with Gasteiger partial charge < -0.3 is 5.32 Å². The van der Waals surface area contributed by atoms with E-state index in [4.69, 9.17) is 0 Å². The van der Waals surface area contributed by atoms with E-state index in [-0.39, 0.29) is 11.3 Å². The van der Waals surface area contributed by atoms with Crippen LogP contribution in [-0.4, -0.2) is 5.91 Å². The number of rotatable bonds is 3. The van der Waals surface area contributed by atoms with E-state index in [2.05, 4.69) is 11.4 Å². The number of allylic oxidation sites excluding steroid dienone is 2. The summed E-state index contributed by atoms with van der Waals surface area (Å²) < 4.78 is 0. The number of hydrogen-bond acceptors (Lipinski definition) is 2. The first-order chi connectivity index (χ1) is 10.9. The first kappa shape index (κ1) is 16.5. The van der Waals surface area contributed by atoms with Crippen molar-refractivity contribution >= 4 is 11.5 Å². The molecule has 0 saturated carbocycles. The fraction of sp³-hybridized carbons (Fsp3) is 0.200. The zero-order chi connectivity index (χ0) is 16.9. The normalized spacial score (nSPS) is 12.1. The van der Waals surface area contributed by atoms with Crippen LogP contribution in [0.25, 0.3) is 5.57 Å². The Bertz CT molecular complexity index is 748. The molecule has 1 N–H and O–H groups in total. The summed E-state index contributed by atoms with van der Waals surface area (Å²) in [5.41, 5.74) is 2.11. The fourth-order valence-corrected chi connectivity index (χ4v) is 2.27. The molecule has 23 heavy (non-hydrogen) atoms. The van der Waals surface area contributed by atoms with Gasteiger partial charge in [0.05, 0.1) is 5.57 Å². The highest BCUT2D eigenvalue weighted by Gasteiger charge is 2.24. The molecule has 1 amide bonds. The van der Waals surface area contributed by atoms with Gasteiger partial charge in [0.2, 0.25) is 0 Å². The Morgan fingerprint density at radius 3 is 1.83 bits per heavy atom. The summed E-state index contributed by atoms with van der Waals surface area (Å²) in [6.45, 7) is 5.94. The van der Waals surface area contributed by atoms with Crippen LogP contribution in [0.5, 0.6) is 0 Å². The van der Waals surface area contributed by atoms with Crippen molar-refractivity contribution in [1.82, 2.24) is 5.32 Å². The van der Waals surface area contributed by atoms with Crippen LogP contribution in [0.3, 0.4) is 0 Å². The van der Waals surface area contributed by atoms with E-state index in [1.54, 1.807) is 12.1 Å². The number of nitrogens with one attached hydrogen (secondary N) is 1. The van der Waals surface area contributed by atoms with Crippen LogP contribution in [-0.2, 0) is 0 Å². The third-order valence-electron chi connectivity index (χ3n) is 3.45. The molecular formula is C20H20N2O. The van der Waals surface area contributed by atoms with Gasteiger partial charge >= 0.3 is 0 Å². The van der Waals surface area contributed by atoms with Crippen LogP contribution >= 0.6 is 0 Å². The molecule has 0 saturated heterocycles. The zero-order valence-corrected chi connectivity index (χ0v) is 13.6. The average molecular weight is 304 g/mol. The summed E-state index contributed by atoms with van der Waals surface area (Å²) in [5, 5.41) is 12.6. The third-order valence-corrected chi connectivity index (χ3v) is 3.45. The van der Waals surface area contributed by atoms with Crippen molar-refractivity contribution in [3.8, 4) is 6.07 Å². The Morgan fingerprint density at radius 2 is 1.39 bits per heavy atom. The van der Waals surface area contributed by atoms with Gasteiger partial charge in [-0.2, -0.15) is 5.26 Å². The molecule has 0 aliphatic rings. The Morgan fingerprint density at radius 1 is 0.913 bits per heavy atom. The lowest BCUT2D eigenvalue weighted by Gasteiger charge is -2.25. The van der Waals surface area contributed by atoms with E-state index in [0.29, 0.717) is 16.8 Å². The van der Waals surface area contributed by atoms with E-state index in [1.165, 1.54) is 0 Å². The van der Waals surface area contributed by atoms with Crippen molar-refractivity contribution in [3.05, 3.63) is 77.5 Å². The molecule has 0 aromatic heterocycles. The quantitative estimate of drug-likeness (QED) is 0.855. The van der Waals surface area contributed by atoms with Crippen LogP contribution in [0.1, 0.15) is 36.7 Å². The molecule has 2 aromatic rings. The van der Waals surface area contributed by atoms with Gasteiger partial charge in [0.25, 0.3) is 5.91 Å². The predicted molar refractivity (Wildman–Crippen MR) is 92.3 cm³/mol. The molecule has 0 unspecified atom stereocenters. The molecule has 2 rings (SSSR count). The van der Waals surface area contributed by atoms with Crippen molar-refractivity contribution in [2.45, 2.75) is 20.8 Å². The summed E-state index contributed by atoms with van der Waals surface area (Å²) in [7, 11) is 0. The van der Waals surface area contributed by atoms with Gasteiger partial charge in [0.1, 0.15) is 6.07 Å². The second-order valence-electron chi connectivity index (χ2n) is 6.30. The zero-order valence-electron chi connectivity index (χ0n) is 13.6. The number of hydrogen-bond donors (Lipinski definition) is 1. The van der Waals surface area contributed by atoms with Gasteiger partial charge in [-0.15, -0.1) is 0 Å². The number of amides is 1. The molecule has 0 spiro atoms. The molecule has 0 aliphatic heterocycles. The van der Waals surface area contributed by atoms with E-state index >= 15 is 0 Å². The molecule has 3 nitrogen and oxygen atoms in total. The first-order valence-electron chi connectivity index (χ1n) is 7.50. The SMILES string of the molecule is CC(C)(C)/C(NC(=O)c1ccccc1)=C(\C#N)c1ccccc1. The third kappa shape index (κ3) is 4.08. The Labute approximate surface area is 137 Å². The minimum absolute atomic E-state index is 0.209. The lowest BCUT2D eigenvalue weighted by molar-refractivity contribution is 0.0958. The van der Waals surface area contributed by atoms with E-state index in [9.17, 15) is 10.1 Å².